The Hall–Kier alpha value is -1.69. The van der Waals surface area contributed by atoms with E-state index in [1.807, 2.05) is 23.5 Å². The number of aromatic nitrogens is 5. The summed E-state index contributed by atoms with van der Waals surface area (Å²) in [5.74, 6) is 0.990. The molecule has 0 aliphatic carbocycles. The maximum Gasteiger partial charge on any atom is 0.138 e. The van der Waals surface area contributed by atoms with Gasteiger partial charge in [-0.15, -0.1) is 0 Å². The van der Waals surface area contributed by atoms with Crippen molar-refractivity contribution in [2.75, 3.05) is 6.54 Å². The third-order valence-electron chi connectivity index (χ3n) is 3.48. The van der Waals surface area contributed by atoms with Crippen LogP contribution in [0.2, 0.25) is 0 Å². The summed E-state index contributed by atoms with van der Waals surface area (Å²) < 4.78 is 3.73. The minimum atomic E-state index is 0.238. The second-order valence-corrected chi connectivity index (χ2v) is 5.07. The van der Waals surface area contributed by atoms with Crippen LogP contribution in [0.15, 0.2) is 12.5 Å². The van der Waals surface area contributed by atoms with Gasteiger partial charge in [0.25, 0.3) is 0 Å². The fraction of sp³-hybridized carbons (Fsp3) is 0.643. The molecule has 0 aliphatic rings. The minimum absolute atomic E-state index is 0.238. The lowest BCUT2D eigenvalue weighted by Crippen LogP contribution is -2.25. The molecule has 1 unspecified atom stereocenters. The molecule has 0 spiro atoms. The lowest BCUT2D eigenvalue weighted by molar-refractivity contribution is 0.503. The lowest BCUT2D eigenvalue weighted by atomic mass is 10.0. The molecule has 0 saturated heterocycles. The van der Waals surface area contributed by atoms with Crippen molar-refractivity contribution < 1.29 is 0 Å². The number of nitrogens with one attached hydrogen (secondary N) is 1. The van der Waals surface area contributed by atoms with Gasteiger partial charge in [-0.1, -0.05) is 13.8 Å². The van der Waals surface area contributed by atoms with Gasteiger partial charge in [0.1, 0.15) is 12.2 Å². The molecule has 0 aliphatic heterocycles. The molecule has 1 atom stereocenters. The van der Waals surface area contributed by atoms with Crippen LogP contribution in [-0.2, 0) is 26.9 Å². The van der Waals surface area contributed by atoms with E-state index in [2.05, 4.69) is 40.5 Å². The summed E-state index contributed by atoms with van der Waals surface area (Å²) in [4.78, 5) is 4.34. The number of rotatable bonds is 7. The molecule has 0 amide bonds. The molecule has 110 valence electrons. The normalized spacial score (nSPS) is 12.8. The van der Waals surface area contributed by atoms with Crippen molar-refractivity contribution in [1.82, 2.24) is 29.9 Å². The Morgan fingerprint density at radius 1 is 1.30 bits per heavy atom. The van der Waals surface area contributed by atoms with Gasteiger partial charge >= 0.3 is 0 Å². The summed E-state index contributed by atoms with van der Waals surface area (Å²) in [6, 6.07) is 0.238. The van der Waals surface area contributed by atoms with Crippen molar-refractivity contribution in [3.8, 4) is 0 Å². The monoisotopic (exact) mass is 276 g/mol. The van der Waals surface area contributed by atoms with Gasteiger partial charge in [-0.25, -0.2) is 4.98 Å². The zero-order chi connectivity index (χ0) is 14.5. The van der Waals surface area contributed by atoms with Crippen molar-refractivity contribution in [1.29, 1.82) is 0 Å². The summed E-state index contributed by atoms with van der Waals surface area (Å²) >= 11 is 0. The Balaban J connectivity index is 2.24. The van der Waals surface area contributed by atoms with Gasteiger partial charge in [0, 0.05) is 38.3 Å². The highest BCUT2D eigenvalue weighted by Gasteiger charge is 2.19. The largest absolute Gasteiger partial charge is 0.309 e. The standard InChI is InChI=1S/C14H24N6/c1-5-7-15-13(8-14-16-10-17-20(14)4)11-9-19(3)18-12(11)6-2/h9-10,13,15H,5-8H2,1-4H3. The van der Waals surface area contributed by atoms with Crippen LogP contribution in [0.4, 0.5) is 0 Å². The molecule has 1 N–H and O–H groups in total. The first-order valence-corrected chi connectivity index (χ1v) is 7.24. The summed E-state index contributed by atoms with van der Waals surface area (Å²) in [7, 11) is 3.91. The molecule has 20 heavy (non-hydrogen) atoms. The number of aryl methyl sites for hydroxylation is 3. The van der Waals surface area contributed by atoms with Gasteiger partial charge in [0.15, 0.2) is 0 Å². The van der Waals surface area contributed by atoms with E-state index in [0.29, 0.717) is 0 Å². The topological polar surface area (TPSA) is 60.6 Å². The van der Waals surface area contributed by atoms with E-state index in [1.165, 1.54) is 5.56 Å². The van der Waals surface area contributed by atoms with Crippen LogP contribution < -0.4 is 5.32 Å². The van der Waals surface area contributed by atoms with E-state index in [4.69, 9.17) is 0 Å². The summed E-state index contributed by atoms with van der Waals surface area (Å²) in [6.07, 6.45) is 6.60. The number of nitrogens with zero attached hydrogens (tertiary/aromatic N) is 5. The van der Waals surface area contributed by atoms with Gasteiger partial charge in [-0.3, -0.25) is 9.36 Å². The molecular formula is C14H24N6. The van der Waals surface area contributed by atoms with Gasteiger partial charge in [0.05, 0.1) is 5.69 Å². The first-order chi connectivity index (χ1) is 9.65. The van der Waals surface area contributed by atoms with Gasteiger partial charge in [-0.2, -0.15) is 10.2 Å². The second kappa shape index (κ2) is 6.65. The fourth-order valence-corrected chi connectivity index (χ4v) is 2.42. The van der Waals surface area contributed by atoms with E-state index >= 15 is 0 Å². The van der Waals surface area contributed by atoms with Crippen LogP contribution in [0.25, 0.3) is 0 Å². The van der Waals surface area contributed by atoms with Gasteiger partial charge < -0.3 is 5.32 Å². The molecule has 2 aromatic rings. The molecular weight excluding hydrogens is 252 g/mol. The van der Waals surface area contributed by atoms with Crippen molar-refractivity contribution in [3.05, 3.63) is 29.6 Å². The predicted octanol–water partition coefficient (Wildman–Crippen LogP) is 1.39. The van der Waals surface area contributed by atoms with E-state index in [0.717, 1.165) is 37.3 Å². The summed E-state index contributed by atoms with van der Waals surface area (Å²) in [5, 5.41) is 12.3. The third-order valence-corrected chi connectivity index (χ3v) is 3.48. The van der Waals surface area contributed by atoms with Gasteiger partial charge in [-0.05, 0) is 19.4 Å². The lowest BCUT2D eigenvalue weighted by Gasteiger charge is -2.18. The van der Waals surface area contributed by atoms with E-state index in [-0.39, 0.29) is 6.04 Å². The molecule has 2 aromatic heterocycles. The highest BCUT2D eigenvalue weighted by molar-refractivity contribution is 5.22. The van der Waals surface area contributed by atoms with Crippen molar-refractivity contribution in [3.63, 3.8) is 0 Å². The molecule has 0 saturated carbocycles. The second-order valence-electron chi connectivity index (χ2n) is 5.07. The highest BCUT2D eigenvalue weighted by atomic mass is 15.3. The smallest absolute Gasteiger partial charge is 0.138 e. The van der Waals surface area contributed by atoms with E-state index < -0.39 is 0 Å². The molecule has 0 aromatic carbocycles. The third kappa shape index (κ3) is 3.25. The molecule has 0 radical (unpaired) electrons. The summed E-state index contributed by atoms with van der Waals surface area (Å²) in [5.41, 5.74) is 2.43. The quantitative estimate of drug-likeness (QED) is 0.830. The molecule has 2 rings (SSSR count). The maximum absolute atomic E-state index is 4.54. The first-order valence-electron chi connectivity index (χ1n) is 7.24. The molecule has 6 nitrogen and oxygen atoms in total. The van der Waals surface area contributed by atoms with Crippen LogP contribution in [0.1, 0.15) is 43.4 Å². The van der Waals surface area contributed by atoms with E-state index in [9.17, 15) is 0 Å². The average molecular weight is 276 g/mol. The zero-order valence-electron chi connectivity index (χ0n) is 12.8. The fourth-order valence-electron chi connectivity index (χ4n) is 2.42. The predicted molar refractivity (Wildman–Crippen MR) is 78.3 cm³/mol. The maximum atomic E-state index is 4.54. The van der Waals surface area contributed by atoms with Crippen LogP contribution in [0.5, 0.6) is 0 Å². The average Bonchev–Trinajstić information content (AvgIpc) is 3.00. The van der Waals surface area contributed by atoms with E-state index in [1.54, 1.807) is 6.33 Å². The highest BCUT2D eigenvalue weighted by Crippen LogP contribution is 2.21. The Morgan fingerprint density at radius 3 is 2.70 bits per heavy atom. The Kier molecular flexibility index (Phi) is 4.89. The molecule has 0 bridgehead atoms. The Labute approximate surface area is 120 Å². The number of hydrogen-bond acceptors (Lipinski definition) is 4. The van der Waals surface area contributed by atoms with Crippen LogP contribution in [0, 0.1) is 0 Å². The zero-order valence-corrected chi connectivity index (χ0v) is 12.8. The van der Waals surface area contributed by atoms with Crippen molar-refractivity contribution in [2.45, 2.75) is 39.2 Å². The van der Waals surface area contributed by atoms with Crippen molar-refractivity contribution in [2.24, 2.45) is 14.1 Å². The SMILES string of the molecule is CCCNC(Cc1ncnn1C)c1cn(C)nc1CC. The van der Waals surface area contributed by atoms with Gasteiger partial charge in [0.2, 0.25) is 0 Å². The molecule has 2 heterocycles. The van der Waals surface area contributed by atoms with Crippen LogP contribution in [-0.4, -0.2) is 31.1 Å². The first kappa shape index (κ1) is 14.7. The molecule has 0 fully saturated rings. The summed E-state index contributed by atoms with van der Waals surface area (Å²) in [6.45, 7) is 5.31. The molecule has 6 heteroatoms. The van der Waals surface area contributed by atoms with Crippen molar-refractivity contribution >= 4 is 0 Å². The Morgan fingerprint density at radius 2 is 2.10 bits per heavy atom. The minimum Gasteiger partial charge on any atom is -0.309 e. The number of hydrogen-bond donors (Lipinski definition) is 1. The van der Waals surface area contributed by atoms with Crippen LogP contribution in [0.3, 0.4) is 0 Å². The van der Waals surface area contributed by atoms with Crippen LogP contribution >= 0.6 is 0 Å². The Bertz CT molecular complexity index is 542.